The van der Waals surface area contributed by atoms with Gasteiger partial charge in [-0.15, -0.1) is 0 Å². The zero-order valence-electron chi connectivity index (χ0n) is 10.8. The number of aromatic nitrogens is 1. The monoisotopic (exact) mass is 370 g/mol. The number of halogens is 5. The fraction of sp³-hybridized carbons (Fsp3) is 0.0667. The Balaban J connectivity index is 2.42. The van der Waals surface area contributed by atoms with Gasteiger partial charge in [0.15, 0.2) is 0 Å². The summed E-state index contributed by atoms with van der Waals surface area (Å²) in [5.41, 5.74) is -0.782. The van der Waals surface area contributed by atoms with Gasteiger partial charge in [-0.25, -0.2) is 4.39 Å². The minimum absolute atomic E-state index is 0.0364. The number of hydrogen-bond donors (Lipinski definition) is 0. The SMILES string of the molecule is N#C/C(=C\c1cc(Br)ccc1F)c1ccc(C(F)(F)F)cn1. The predicted octanol–water partition coefficient (Wildman–Crippen LogP) is 5.07. The Hall–Kier alpha value is -2.20. The second-order valence-corrected chi connectivity index (χ2v) is 5.18. The average molecular weight is 371 g/mol. The van der Waals surface area contributed by atoms with Crippen LogP contribution >= 0.6 is 15.9 Å². The number of nitriles is 1. The van der Waals surface area contributed by atoms with Gasteiger partial charge >= 0.3 is 6.18 Å². The first-order valence-corrected chi connectivity index (χ1v) is 6.71. The molecule has 0 atom stereocenters. The smallest absolute Gasteiger partial charge is 0.255 e. The minimum atomic E-state index is -4.50. The summed E-state index contributed by atoms with van der Waals surface area (Å²) in [6.07, 6.45) is -2.63. The highest BCUT2D eigenvalue weighted by Gasteiger charge is 2.30. The molecule has 0 saturated carbocycles. The van der Waals surface area contributed by atoms with E-state index in [0.29, 0.717) is 10.7 Å². The highest BCUT2D eigenvalue weighted by Crippen LogP contribution is 2.29. The van der Waals surface area contributed by atoms with Crippen LogP contribution in [0.4, 0.5) is 17.6 Å². The number of benzene rings is 1. The second kappa shape index (κ2) is 6.28. The van der Waals surface area contributed by atoms with Gasteiger partial charge in [-0.3, -0.25) is 4.98 Å². The molecule has 2 nitrogen and oxygen atoms in total. The van der Waals surface area contributed by atoms with Crippen LogP contribution in [0.2, 0.25) is 0 Å². The lowest BCUT2D eigenvalue weighted by molar-refractivity contribution is -0.137. The van der Waals surface area contributed by atoms with Crippen LogP contribution in [0.5, 0.6) is 0 Å². The maximum Gasteiger partial charge on any atom is 0.417 e. The Morgan fingerprint density at radius 1 is 1.23 bits per heavy atom. The fourth-order valence-corrected chi connectivity index (χ4v) is 2.04. The first kappa shape index (κ1) is 16.2. The normalized spacial score (nSPS) is 12.1. The van der Waals surface area contributed by atoms with Crippen LogP contribution in [-0.4, -0.2) is 4.98 Å². The van der Waals surface area contributed by atoms with Crippen molar-refractivity contribution in [1.29, 1.82) is 5.26 Å². The molecule has 0 aliphatic heterocycles. The predicted molar refractivity (Wildman–Crippen MR) is 76.8 cm³/mol. The molecule has 0 fully saturated rings. The lowest BCUT2D eigenvalue weighted by atomic mass is 10.1. The molecule has 1 aromatic heterocycles. The van der Waals surface area contributed by atoms with E-state index in [1.54, 1.807) is 0 Å². The molecule has 7 heteroatoms. The van der Waals surface area contributed by atoms with Crippen molar-refractivity contribution in [2.75, 3.05) is 0 Å². The van der Waals surface area contributed by atoms with Crippen molar-refractivity contribution in [1.82, 2.24) is 4.98 Å². The number of hydrogen-bond acceptors (Lipinski definition) is 2. The molecule has 22 heavy (non-hydrogen) atoms. The summed E-state index contributed by atoms with van der Waals surface area (Å²) in [6.45, 7) is 0. The zero-order valence-corrected chi connectivity index (χ0v) is 12.4. The Morgan fingerprint density at radius 3 is 2.50 bits per heavy atom. The van der Waals surface area contributed by atoms with Crippen molar-refractivity contribution in [2.24, 2.45) is 0 Å². The average Bonchev–Trinajstić information content (AvgIpc) is 2.47. The molecule has 2 aromatic rings. The third kappa shape index (κ3) is 3.71. The lowest BCUT2D eigenvalue weighted by Crippen LogP contribution is -2.05. The molecule has 0 spiro atoms. The van der Waals surface area contributed by atoms with E-state index in [4.69, 9.17) is 5.26 Å². The van der Waals surface area contributed by atoms with E-state index in [0.717, 1.165) is 12.1 Å². The standard InChI is InChI=1S/C15H7BrF4N2/c16-12-2-3-13(17)9(6-12)5-10(7-21)14-4-1-11(8-22-14)15(18,19)20/h1-6,8H/b10-5+. The largest absolute Gasteiger partial charge is 0.417 e. The van der Waals surface area contributed by atoms with Crippen molar-refractivity contribution in [3.8, 4) is 6.07 Å². The Kier molecular flexibility index (Phi) is 4.62. The number of alkyl halides is 3. The van der Waals surface area contributed by atoms with Gasteiger partial charge in [-0.2, -0.15) is 18.4 Å². The molecule has 2 rings (SSSR count). The van der Waals surface area contributed by atoms with Gasteiger partial charge in [0.1, 0.15) is 11.9 Å². The zero-order chi connectivity index (χ0) is 16.3. The van der Waals surface area contributed by atoms with Gasteiger partial charge < -0.3 is 0 Å². The van der Waals surface area contributed by atoms with Crippen molar-refractivity contribution in [3.63, 3.8) is 0 Å². The fourth-order valence-electron chi connectivity index (χ4n) is 1.67. The molecule has 1 aromatic carbocycles. The maximum absolute atomic E-state index is 13.7. The van der Waals surface area contributed by atoms with E-state index in [2.05, 4.69) is 20.9 Å². The first-order chi connectivity index (χ1) is 10.3. The van der Waals surface area contributed by atoms with E-state index in [-0.39, 0.29) is 16.8 Å². The summed E-state index contributed by atoms with van der Waals surface area (Å²) in [6, 6.07) is 7.87. The van der Waals surface area contributed by atoms with E-state index in [9.17, 15) is 17.6 Å². The number of pyridine rings is 1. The van der Waals surface area contributed by atoms with Crippen LogP contribution in [-0.2, 0) is 6.18 Å². The molecule has 0 saturated heterocycles. The van der Waals surface area contributed by atoms with E-state index in [1.807, 2.05) is 6.07 Å². The summed E-state index contributed by atoms with van der Waals surface area (Å²) in [5, 5.41) is 9.12. The van der Waals surface area contributed by atoms with Crippen molar-refractivity contribution >= 4 is 27.6 Å². The molecule has 112 valence electrons. The molecule has 0 radical (unpaired) electrons. The van der Waals surface area contributed by atoms with Gasteiger partial charge in [-0.1, -0.05) is 15.9 Å². The third-order valence-corrected chi connectivity index (χ3v) is 3.24. The van der Waals surface area contributed by atoms with Crippen LogP contribution in [0.15, 0.2) is 41.0 Å². The van der Waals surface area contributed by atoms with Crippen LogP contribution < -0.4 is 0 Å². The van der Waals surface area contributed by atoms with Gasteiger partial charge in [0.05, 0.1) is 16.8 Å². The Bertz CT molecular complexity index is 759. The number of rotatable bonds is 2. The topological polar surface area (TPSA) is 36.7 Å². The molecule has 0 amide bonds. The highest BCUT2D eigenvalue weighted by molar-refractivity contribution is 9.10. The summed E-state index contributed by atoms with van der Waals surface area (Å²) in [5.74, 6) is -0.553. The lowest BCUT2D eigenvalue weighted by Gasteiger charge is -2.06. The first-order valence-electron chi connectivity index (χ1n) is 5.92. The van der Waals surface area contributed by atoms with E-state index >= 15 is 0 Å². The van der Waals surface area contributed by atoms with Crippen LogP contribution in [0.25, 0.3) is 11.6 Å². The van der Waals surface area contributed by atoms with E-state index in [1.165, 1.54) is 24.3 Å². The quantitative estimate of drug-likeness (QED) is 0.546. The van der Waals surface area contributed by atoms with Gasteiger partial charge in [0, 0.05) is 16.2 Å². The molecule has 0 aliphatic rings. The summed E-state index contributed by atoms with van der Waals surface area (Å²) in [7, 11) is 0. The number of nitrogens with zero attached hydrogens (tertiary/aromatic N) is 2. The van der Waals surface area contributed by atoms with Crippen LogP contribution in [0, 0.1) is 17.1 Å². The summed E-state index contributed by atoms with van der Waals surface area (Å²) in [4.78, 5) is 3.62. The second-order valence-electron chi connectivity index (χ2n) is 4.27. The van der Waals surface area contributed by atoms with Crippen molar-refractivity contribution in [3.05, 3.63) is 63.6 Å². The van der Waals surface area contributed by atoms with Crippen molar-refractivity contribution in [2.45, 2.75) is 6.18 Å². The molecule has 0 bridgehead atoms. The Morgan fingerprint density at radius 2 is 1.95 bits per heavy atom. The van der Waals surface area contributed by atoms with E-state index < -0.39 is 17.6 Å². The molecule has 0 aliphatic carbocycles. The van der Waals surface area contributed by atoms with Gasteiger partial charge in [0.2, 0.25) is 0 Å². The third-order valence-electron chi connectivity index (χ3n) is 2.75. The highest BCUT2D eigenvalue weighted by atomic mass is 79.9. The van der Waals surface area contributed by atoms with Gasteiger partial charge in [0.25, 0.3) is 0 Å². The number of allylic oxidation sites excluding steroid dienone is 1. The summed E-state index contributed by atoms with van der Waals surface area (Å²) >= 11 is 3.18. The maximum atomic E-state index is 13.7. The Labute approximate surface area is 131 Å². The minimum Gasteiger partial charge on any atom is -0.255 e. The molecule has 1 heterocycles. The van der Waals surface area contributed by atoms with Gasteiger partial charge in [-0.05, 0) is 36.4 Å². The van der Waals surface area contributed by atoms with Crippen LogP contribution in [0.3, 0.4) is 0 Å². The molecular weight excluding hydrogens is 364 g/mol. The summed E-state index contributed by atoms with van der Waals surface area (Å²) < 4.78 is 51.7. The van der Waals surface area contributed by atoms with Crippen LogP contribution in [0.1, 0.15) is 16.8 Å². The molecule has 0 unspecified atom stereocenters. The van der Waals surface area contributed by atoms with Crippen molar-refractivity contribution < 1.29 is 17.6 Å². The molecular formula is C15H7BrF4N2. The molecule has 0 N–H and O–H groups in total.